The van der Waals surface area contributed by atoms with Crippen molar-refractivity contribution < 1.29 is 17.9 Å². The van der Waals surface area contributed by atoms with Gasteiger partial charge in [0.15, 0.2) is 5.78 Å². The van der Waals surface area contributed by atoms with Crippen LogP contribution in [0.15, 0.2) is 97.1 Å². The fraction of sp³-hybridized carbons (Fsp3) is 0.270. The van der Waals surface area contributed by atoms with Crippen molar-refractivity contribution >= 4 is 54.5 Å². The first-order valence-electron chi connectivity index (χ1n) is 15.5. The van der Waals surface area contributed by atoms with Crippen LogP contribution in [0, 0.1) is 0 Å². The average molecular weight is 673 g/mol. The zero-order chi connectivity index (χ0) is 32.1. The number of carbonyl (C=O) groups is 1. The minimum atomic E-state index is -3.69. The third kappa shape index (κ3) is 7.64. The van der Waals surface area contributed by atoms with Crippen molar-refractivity contribution in [3.05, 3.63) is 129 Å². The third-order valence-electron chi connectivity index (χ3n) is 8.33. The van der Waals surface area contributed by atoms with Gasteiger partial charge >= 0.3 is 0 Å². The molecule has 1 heterocycles. The molecule has 0 aliphatic heterocycles. The van der Waals surface area contributed by atoms with Crippen LogP contribution >= 0.6 is 22.9 Å². The number of fused-ring (bicyclic) bond motifs is 3. The first-order chi connectivity index (χ1) is 22.3. The first-order valence-corrected chi connectivity index (χ1v) is 18.6. The van der Waals surface area contributed by atoms with E-state index in [4.69, 9.17) is 16.3 Å². The number of thiophene rings is 1. The third-order valence-corrected chi connectivity index (χ3v) is 11.1. The van der Waals surface area contributed by atoms with Gasteiger partial charge in [0.25, 0.3) is 0 Å². The van der Waals surface area contributed by atoms with Crippen LogP contribution < -0.4 is 9.04 Å². The Labute approximate surface area is 280 Å². The van der Waals surface area contributed by atoms with E-state index in [0.717, 1.165) is 36.0 Å². The normalized spacial score (nSPS) is 13.1. The van der Waals surface area contributed by atoms with Crippen LogP contribution in [0.1, 0.15) is 44.8 Å². The van der Waals surface area contributed by atoms with Gasteiger partial charge in [-0.3, -0.25) is 14.0 Å². The van der Waals surface area contributed by atoms with E-state index in [1.165, 1.54) is 37.7 Å². The second-order valence-corrected chi connectivity index (χ2v) is 15.2. The Hall–Kier alpha value is -3.69. The monoisotopic (exact) mass is 672 g/mol. The number of ketones is 1. The van der Waals surface area contributed by atoms with Crippen molar-refractivity contribution in [3.63, 3.8) is 0 Å². The number of ether oxygens (including phenoxy) is 1. The largest absolute Gasteiger partial charge is 0.491 e. The minimum absolute atomic E-state index is 0.106. The summed E-state index contributed by atoms with van der Waals surface area (Å²) in [5, 5.41) is 1.57. The van der Waals surface area contributed by atoms with E-state index in [1.54, 1.807) is 18.2 Å². The Morgan fingerprint density at radius 3 is 2.28 bits per heavy atom. The highest BCUT2D eigenvalue weighted by molar-refractivity contribution is 7.92. The zero-order valence-electron chi connectivity index (χ0n) is 25.8. The van der Waals surface area contributed by atoms with E-state index in [0.29, 0.717) is 25.3 Å². The molecular formula is C37H37ClN2O4S2. The molecule has 0 N–H and O–H groups in total. The number of aryl methyl sites for hydroxylation is 2. The molecule has 46 heavy (non-hydrogen) atoms. The van der Waals surface area contributed by atoms with Gasteiger partial charge in [-0.15, -0.1) is 11.3 Å². The van der Waals surface area contributed by atoms with Crippen LogP contribution in [-0.2, 0) is 36.0 Å². The molecule has 6 nitrogen and oxygen atoms in total. The summed E-state index contributed by atoms with van der Waals surface area (Å²) in [5.41, 5.74) is 4.06. The number of anilines is 1. The van der Waals surface area contributed by atoms with E-state index in [-0.39, 0.29) is 29.6 Å². The summed E-state index contributed by atoms with van der Waals surface area (Å²) in [6, 6.07) is 30.5. The molecule has 5 aromatic rings. The molecule has 1 aliphatic carbocycles. The highest BCUT2D eigenvalue weighted by atomic mass is 35.5. The lowest BCUT2D eigenvalue weighted by atomic mass is 9.96. The van der Waals surface area contributed by atoms with Gasteiger partial charge in [-0.1, -0.05) is 84.4 Å². The quantitative estimate of drug-likeness (QED) is 0.118. The lowest BCUT2D eigenvalue weighted by Crippen LogP contribution is -2.33. The van der Waals surface area contributed by atoms with Gasteiger partial charge in [0.2, 0.25) is 10.0 Å². The number of carbonyl (C=O) groups excluding carboxylic acids is 1. The predicted molar refractivity (Wildman–Crippen MR) is 189 cm³/mol. The van der Waals surface area contributed by atoms with Crippen LogP contribution in [0.4, 0.5) is 5.69 Å². The maximum absolute atomic E-state index is 13.8. The van der Waals surface area contributed by atoms with Crippen LogP contribution in [0.5, 0.6) is 5.75 Å². The zero-order valence-corrected chi connectivity index (χ0v) is 28.2. The number of nitrogens with zero attached hydrogens (tertiary/aromatic N) is 2. The molecule has 0 fully saturated rings. The number of benzene rings is 4. The topological polar surface area (TPSA) is 66.9 Å². The minimum Gasteiger partial charge on any atom is -0.491 e. The summed E-state index contributed by atoms with van der Waals surface area (Å²) in [5.74, 6) is 0.763. The lowest BCUT2D eigenvalue weighted by Gasteiger charge is -2.25. The summed E-state index contributed by atoms with van der Waals surface area (Å²) >= 11 is 8.39. The molecule has 0 spiro atoms. The van der Waals surface area contributed by atoms with Crippen molar-refractivity contribution in [1.29, 1.82) is 0 Å². The number of Topliss-reactive ketones (excluding diaryl/α,β-unsaturated/α-hetero) is 1. The SMILES string of the molecule is CS(=O)(=O)N(Cc1ccccc1)c1cc(C(=O)CN(CCOc2cccc3c4c(sc23)CCCC4)Cc2ccccc2)ccc1Cl. The molecule has 0 saturated carbocycles. The highest BCUT2D eigenvalue weighted by Gasteiger charge is 2.23. The molecule has 0 bridgehead atoms. The summed E-state index contributed by atoms with van der Waals surface area (Å²) in [7, 11) is -3.69. The molecule has 0 amide bonds. The Morgan fingerprint density at radius 1 is 0.870 bits per heavy atom. The number of rotatable bonds is 13. The lowest BCUT2D eigenvalue weighted by molar-refractivity contribution is 0.0912. The van der Waals surface area contributed by atoms with E-state index < -0.39 is 10.0 Å². The maximum Gasteiger partial charge on any atom is 0.232 e. The van der Waals surface area contributed by atoms with Crippen molar-refractivity contribution in [2.75, 3.05) is 30.3 Å². The van der Waals surface area contributed by atoms with E-state index in [1.807, 2.05) is 78.1 Å². The fourth-order valence-electron chi connectivity index (χ4n) is 6.01. The molecule has 1 aromatic heterocycles. The molecular weight excluding hydrogens is 636 g/mol. The van der Waals surface area contributed by atoms with Gasteiger partial charge in [-0.05, 0) is 72.0 Å². The molecule has 238 valence electrons. The number of hydrogen-bond donors (Lipinski definition) is 0. The second kappa shape index (κ2) is 14.4. The van der Waals surface area contributed by atoms with E-state index >= 15 is 0 Å². The molecule has 4 aromatic carbocycles. The fourth-order valence-corrected chi connectivity index (χ4v) is 8.53. The van der Waals surface area contributed by atoms with Crippen molar-refractivity contribution in [1.82, 2.24) is 4.90 Å². The van der Waals surface area contributed by atoms with Crippen LogP contribution in [-0.4, -0.2) is 45.1 Å². The van der Waals surface area contributed by atoms with Gasteiger partial charge in [-0.2, -0.15) is 0 Å². The molecule has 0 unspecified atom stereocenters. The van der Waals surface area contributed by atoms with E-state index in [9.17, 15) is 13.2 Å². The summed E-state index contributed by atoms with van der Waals surface area (Å²) in [6.45, 7) is 1.76. The second-order valence-electron chi connectivity index (χ2n) is 11.7. The molecule has 0 radical (unpaired) electrons. The predicted octanol–water partition coefficient (Wildman–Crippen LogP) is 8.16. The standard InChI is InChI=1S/C37H37ClN2O4S2/c1-46(42,43)40(25-28-13-6-3-7-14-28)33-23-29(19-20-32(33)38)34(41)26-39(24-27-11-4-2-5-12-27)21-22-44-35-17-10-16-31-30-15-8-9-18-36(30)45-37(31)35/h2-7,10-14,16-17,19-20,23H,8-9,15,18,21-22,24-26H2,1H3. The summed E-state index contributed by atoms with van der Waals surface area (Å²) in [4.78, 5) is 17.3. The molecule has 9 heteroatoms. The average Bonchev–Trinajstić information content (AvgIpc) is 3.44. The number of sulfonamides is 1. The van der Waals surface area contributed by atoms with Gasteiger partial charge in [-0.25, -0.2) is 8.42 Å². The van der Waals surface area contributed by atoms with Gasteiger partial charge in [0.1, 0.15) is 12.4 Å². The van der Waals surface area contributed by atoms with Crippen LogP contribution in [0.3, 0.4) is 0 Å². The number of halogens is 1. The van der Waals surface area contributed by atoms with Crippen LogP contribution in [0.25, 0.3) is 10.1 Å². The Morgan fingerprint density at radius 2 is 1.57 bits per heavy atom. The van der Waals surface area contributed by atoms with Gasteiger partial charge < -0.3 is 4.74 Å². The maximum atomic E-state index is 13.8. The molecule has 0 atom stereocenters. The van der Waals surface area contributed by atoms with E-state index in [2.05, 4.69) is 17.0 Å². The number of hydrogen-bond acceptors (Lipinski definition) is 6. The molecule has 0 saturated heterocycles. The smallest absolute Gasteiger partial charge is 0.232 e. The first kappa shape index (κ1) is 32.3. The Balaban J connectivity index is 1.20. The van der Waals surface area contributed by atoms with Gasteiger partial charge in [0.05, 0.1) is 34.8 Å². The van der Waals surface area contributed by atoms with Gasteiger partial charge in [0, 0.05) is 23.5 Å². The summed E-state index contributed by atoms with van der Waals surface area (Å²) in [6.07, 6.45) is 5.90. The van der Waals surface area contributed by atoms with Crippen molar-refractivity contribution in [2.45, 2.75) is 38.8 Å². The highest BCUT2D eigenvalue weighted by Crippen LogP contribution is 2.41. The molecule has 6 rings (SSSR count). The van der Waals surface area contributed by atoms with Crippen LogP contribution in [0.2, 0.25) is 5.02 Å². The summed E-state index contributed by atoms with van der Waals surface area (Å²) < 4.78 is 34.6. The van der Waals surface area contributed by atoms with Crippen molar-refractivity contribution in [2.24, 2.45) is 0 Å². The Kier molecular flexibility index (Phi) is 10.1. The Bertz CT molecular complexity index is 1930. The molecule has 1 aliphatic rings. The van der Waals surface area contributed by atoms with Crippen molar-refractivity contribution in [3.8, 4) is 5.75 Å².